The Morgan fingerprint density at radius 2 is 1.26 bits per heavy atom. The minimum absolute atomic E-state index is 0.121. The van der Waals surface area contributed by atoms with Gasteiger partial charge in [0.15, 0.2) is 6.07 Å². The molecule has 0 aromatic rings. The van der Waals surface area contributed by atoms with Crippen LogP contribution in [0.4, 0.5) is 4.79 Å². The second kappa shape index (κ2) is 15.5. The van der Waals surface area contributed by atoms with E-state index in [0.717, 1.165) is 0 Å². The van der Waals surface area contributed by atoms with Crippen molar-refractivity contribution in [1.29, 1.82) is 0 Å². The molecule has 0 aliphatic carbocycles. The molecule has 0 aromatic carbocycles. The summed E-state index contributed by atoms with van der Waals surface area (Å²) in [5.74, 6) is 0. The van der Waals surface area contributed by atoms with Gasteiger partial charge in [-0.3, -0.25) is 0 Å². The topological polar surface area (TPSA) is 72.5 Å². The van der Waals surface area contributed by atoms with Crippen LogP contribution in [0.2, 0.25) is 0 Å². The van der Waals surface area contributed by atoms with E-state index in [1.54, 1.807) is 7.11 Å². The van der Waals surface area contributed by atoms with Crippen LogP contribution in [0.3, 0.4) is 0 Å². The van der Waals surface area contributed by atoms with E-state index < -0.39 is 6.16 Å². The summed E-state index contributed by atoms with van der Waals surface area (Å²) < 4.78 is 29.4. The summed E-state index contributed by atoms with van der Waals surface area (Å²) in [6.07, 6.45) is -0.803. The molecule has 0 N–H and O–H groups in total. The van der Waals surface area contributed by atoms with Gasteiger partial charge < -0.3 is 28.4 Å². The van der Waals surface area contributed by atoms with E-state index >= 15 is 0 Å². The molecule has 114 valence electrons. The number of hydrogen-bond donors (Lipinski definition) is 0. The van der Waals surface area contributed by atoms with Crippen molar-refractivity contribution in [2.45, 2.75) is 0 Å². The lowest BCUT2D eigenvalue weighted by Gasteiger charge is -2.07. The van der Waals surface area contributed by atoms with Crippen LogP contribution in [0, 0.1) is 0 Å². The smallest absolute Gasteiger partial charge is 0.432 e. The van der Waals surface area contributed by atoms with Gasteiger partial charge in [-0.15, -0.1) is 0 Å². The molecule has 0 atom stereocenters. The molecular weight excluding hydrogens is 280 g/mol. The minimum atomic E-state index is -0.803. The zero-order chi connectivity index (χ0) is 14.2. The molecule has 0 aromatic heterocycles. The first kappa shape index (κ1) is 18.4. The van der Waals surface area contributed by atoms with Gasteiger partial charge in [0.2, 0.25) is 0 Å². The van der Waals surface area contributed by atoms with Crippen LogP contribution in [0.1, 0.15) is 0 Å². The highest BCUT2D eigenvalue weighted by Gasteiger charge is 2.01. The highest BCUT2D eigenvalue weighted by Crippen LogP contribution is 1.88. The lowest BCUT2D eigenvalue weighted by Crippen LogP contribution is -2.14. The summed E-state index contributed by atoms with van der Waals surface area (Å²) in [5, 5.41) is 0. The normalized spacial score (nSPS) is 10.4. The van der Waals surface area contributed by atoms with E-state index in [-0.39, 0.29) is 19.3 Å². The van der Waals surface area contributed by atoms with Crippen LogP contribution in [-0.2, 0) is 28.4 Å². The lowest BCUT2D eigenvalue weighted by molar-refractivity contribution is -0.00699. The number of rotatable bonds is 13. The first-order chi connectivity index (χ1) is 9.31. The van der Waals surface area contributed by atoms with Gasteiger partial charge in [-0.05, 0) is 0 Å². The Labute approximate surface area is 118 Å². The number of carbonyl (C=O) groups excluding carboxylic acids is 1. The van der Waals surface area contributed by atoms with Gasteiger partial charge in [-0.2, -0.15) is 0 Å². The molecule has 0 radical (unpaired) electrons. The Kier molecular flexibility index (Phi) is 15.0. The van der Waals surface area contributed by atoms with Crippen molar-refractivity contribution in [3.05, 3.63) is 0 Å². The number of halogens is 1. The molecule has 0 saturated carbocycles. The van der Waals surface area contributed by atoms with Crippen LogP contribution in [0.15, 0.2) is 0 Å². The second-order valence-electron chi connectivity index (χ2n) is 3.18. The molecule has 0 aliphatic rings. The summed E-state index contributed by atoms with van der Waals surface area (Å²) in [6, 6.07) is -0.222. The van der Waals surface area contributed by atoms with Crippen molar-refractivity contribution in [3.8, 4) is 0 Å². The lowest BCUT2D eigenvalue weighted by atomic mass is 10.7. The van der Waals surface area contributed by atoms with Gasteiger partial charge in [-0.1, -0.05) is 11.6 Å². The fourth-order valence-corrected chi connectivity index (χ4v) is 1.04. The summed E-state index contributed by atoms with van der Waals surface area (Å²) in [6.45, 7) is 3.45. The number of ether oxygens (including phenoxy) is 6. The van der Waals surface area contributed by atoms with Crippen molar-refractivity contribution in [2.75, 3.05) is 66.0 Å². The largest absolute Gasteiger partial charge is 0.509 e. The number of hydrogen-bond acceptors (Lipinski definition) is 7. The van der Waals surface area contributed by atoms with E-state index in [1.165, 1.54) is 0 Å². The van der Waals surface area contributed by atoms with Gasteiger partial charge in [0.25, 0.3) is 0 Å². The summed E-state index contributed by atoms with van der Waals surface area (Å²) in [7, 11) is 1.62. The summed E-state index contributed by atoms with van der Waals surface area (Å²) in [4.78, 5) is 10.7. The Balaban J connectivity index is 3.01. The predicted molar refractivity (Wildman–Crippen MR) is 67.5 cm³/mol. The maximum Gasteiger partial charge on any atom is 0.509 e. The average molecular weight is 301 g/mol. The third-order valence-corrected chi connectivity index (χ3v) is 1.90. The predicted octanol–water partition coefficient (Wildman–Crippen LogP) is 1.03. The van der Waals surface area contributed by atoms with Gasteiger partial charge in [0.1, 0.15) is 6.61 Å². The quantitative estimate of drug-likeness (QED) is 0.286. The van der Waals surface area contributed by atoms with E-state index in [1.807, 2.05) is 0 Å². The Morgan fingerprint density at radius 1 is 0.789 bits per heavy atom. The van der Waals surface area contributed by atoms with Crippen molar-refractivity contribution in [2.24, 2.45) is 0 Å². The van der Waals surface area contributed by atoms with Crippen molar-refractivity contribution >= 4 is 17.8 Å². The standard InChI is InChI=1S/C11H21ClO7/c1-14-2-3-15-4-5-16-6-7-17-8-9-18-11(13)19-10-12/h2-10H2,1H3. The molecule has 0 spiro atoms. The molecule has 0 fully saturated rings. The third-order valence-electron chi connectivity index (χ3n) is 1.80. The monoisotopic (exact) mass is 300 g/mol. The zero-order valence-corrected chi connectivity index (χ0v) is 11.9. The Morgan fingerprint density at radius 3 is 1.74 bits per heavy atom. The first-order valence-electron chi connectivity index (χ1n) is 5.89. The van der Waals surface area contributed by atoms with Crippen LogP contribution >= 0.6 is 11.6 Å². The van der Waals surface area contributed by atoms with Gasteiger partial charge in [0, 0.05) is 7.11 Å². The molecule has 0 rings (SSSR count). The fourth-order valence-electron chi connectivity index (χ4n) is 0.954. The molecule has 0 aliphatic heterocycles. The highest BCUT2D eigenvalue weighted by atomic mass is 35.5. The second-order valence-corrected chi connectivity index (χ2v) is 3.40. The molecule has 0 bridgehead atoms. The van der Waals surface area contributed by atoms with Crippen molar-refractivity contribution in [1.82, 2.24) is 0 Å². The first-order valence-corrected chi connectivity index (χ1v) is 6.42. The number of methoxy groups -OCH3 is 1. The summed E-state index contributed by atoms with van der Waals surface area (Å²) >= 11 is 5.16. The molecule has 0 saturated heterocycles. The molecule has 0 heterocycles. The fraction of sp³-hybridized carbons (Fsp3) is 0.909. The minimum Gasteiger partial charge on any atom is -0.432 e. The Hall–Kier alpha value is -0.600. The maximum absolute atomic E-state index is 10.7. The zero-order valence-electron chi connectivity index (χ0n) is 11.1. The molecule has 19 heavy (non-hydrogen) atoms. The third kappa shape index (κ3) is 15.3. The van der Waals surface area contributed by atoms with E-state index in [0.29, 0.717) is 39.6 Å². The van der Waals surface area contributed by atoms with Crippen LogP contribution in [0.5, 0.6) is 0 Å². The molecular formula is C11H21ClO7. The van der Waals surface area contributed by atoms with Gasteiger partial charge in [0.05, 0.1) is 46.2 Å². The number of carbonyl (C=O) groups is 1. The van der Waals surface area contributed by atoms with E-state index in [9.17, 15) is 4.79 Å². The van der Waals surface area contributed by atoms with Crippen molar-refractivity contribution in [3.63, 3.8) is 0 Å². The Bertz CT molecular complexity index is 203. The average Bonchev–Trinajstić information content (AvgIpc) is 2.40. The van der Waals surface area contributed by atoms with Gasteiger partial charge in [-0.25, -0.2) is 4.79 Å². The molecule has 8 heteroatoms. The van der Waals surface area contributed by atoms with E-state index in [2.05, 4.69) is 9.47 Å². The van der Waals surface area contributed by atoms with Crippen LogP contribution < -0.4 is 0 Å². The molecule has 0 amide bonds. The number of alkyl halides is 1. The van der Waals surface area contributed by atoms with Gasteiger partial charge >= 0.3 is 6.16 Å². The SMILES string of the molecule is COCCOCCOCCOCCOC(=O)OCCl. The maximum atomic E-state index is 10.7. The molecule has 0 unspecified atom stereocenters. The van der Waals surface area contributed by atoms with Crippen LogP contribution in [0.25, 0.3) is 0 Å². The van der Waals surface area contributed by atoms with Crippen LogP contribution in [-0.4, -0.2) is 72.2 Å². The van der Waals surface area contributed by atoms with Crippen molar-refractivity contribution < 1.29 is 33.2 Å². The summed E-state index contributed by atoms with van der Waals surface area (Å²) in [5.41, 5.74) is 0. The molecule has 7 nitrogen and oxygen atoms in total. The highest BCUT2D eigenvalue weighted by molar-refractivity contribution is 6.17. The van der Waals surface area contributed by atoms with E-state index in [4.69, 9.17) is 30.5 Å².